The van der Waals surface area contributed by atoms with Gasteiger partial charge in [-0.15, -0.1) is 0 Å². The molecule has 320 valence electrons. The van der Waals surface area contributed by atoms with E-state index in [0.29, 0.717) is 43.4 Å². The molecule has 3 aliphatic rings. The fourth-order valence-electron chi connectivity index (χ4n) is 6.50. The number of fused-ring (bicyclic) bond motifs is 1. The van der Waals surface area contributed by atoms with E-state index in [4.69, 9.17) is 18.9 Å². The van der Waals surface area contributed by atoms with Crippen LogP contribution in [0.15, 0.2) is 64.3 Å². The van der Waals surface area contributed by atoms with E-state index in [1.54, 1.807) is 26.0 Å². The van der Waals surface area contributed by atoms with E-state index in [1.165, 1.54) is 45.8 Å². The number of ether oxygens (including phenoxy) is 4. The molecule has 58 heavy (non-hydrogen) atoms. The van der Waals surface area contributed by atoms with Gasteiger partial charge in [-0.05, 0) is 44.6 Å². The lowest BCUT2D eigenvalue weighted by atomic mass is 9.86. The van der Waals surface area contributed by atoms with Crippen LogP contribution in [0.2, 0.25) is 0 Å². The van der Waals surface area contributed by atoms with Crippen LogP contribution in [0.5, 0.6) is 0 Å². The third kappa shape index (κ3) is 11.6. The van der Waals surface area contributed by atoms with E-state index < -0.39 is 65.7 Å². The zero-order valence-corrected chi connectivity index (χ0v) is 34.3. The van der Waals surface area contributed by atoms with Crippen molar-refractivity contribution in [1.29, 1.82) is 0 Å². The van der Waals surface area contributed by atoms with Crippen molar-refractivity contribution in [3.63, 3.8) is 0 Å². The van der Waals surface area contributed by atoms with Crippen molar-refractivity contribution in [2.45, 2.75) is 108 Å². The zero-order chi connectivity index (χ0) is 42.6. The number of aromatic amines is 1. The molecule has 5 N–H and O–H groups in total. The number of aromatic nitrogens is 1. The maximum Gasteiger partial charge on any atom is 0.432 e. The Morgan fingerprint density at radius 2 is 1.76 bits per heavy atom. The average molecular weight is 857 g/mol. The number of hydrogen-bond acceptors (Lipinski definition) is 13. The van der Waals surface area contributed by atoms with E-state index in [0.717, 1.165) is 24.6 Å². The number of carbonyl (C=O) groups excluding carboxylic acids is 3. The van der Waals surface area contributed by atoms with Crippen LogP contribution in [-0.4, -0.2) is 95.2 Å². The largest absolute Gasteiger partial charge is 0.463 e. The number of esters is 2. The molecular weight excluding hydrogens is 806 g/mol. The summed E-state index contributed by atoms with van der Waals surface area (Å²) in [6.45, 7) is 4.52. The topological polar surface area (TPSA) is 194 Å². The molecule has 1 saturated heterocycles. The first-order chi connectivity index (χ1) is 27.5. The van der Waals surface area contributed by atoms with Crippen LogP contribution in [0.25, 0.3) is 10.6 Å². The lowest BCUT2D eigenvalue weighted by Crippen LogP contribution is -2.58. The monoisotopic (exact) mass is 856 g/mol. The number of amides is 1. The third-order valence-corrected chi connectivity index (χ3v) is 12.2. The van der Waals surface area contributed by atoms with Gasteiger partial charge in [0.1, 0.15) is 17.9 Å². The highest BCUT2D eigenvalue weighted by Gasteiger charge is 2.64. The van der Waals surface area contributed by atoms with Gasteiger partial charge in [-0.2, -0.15) is 13.2 Å². The molecular formula is C40H51F3N2O11S2. The lowest BCUT2D eigenvalue weighted by Gasteiger charge is -2.42. The second-order valence-corrected chi connectivity index (χ2v) is 16.4. The Labute approximate surface area is 341 Å². The Kier molecular flexibility index (Phi) is 17.2. The molecule has 3 heterocycles. The van der Waals surface area contributed by atoms with Gasteiger partial charge in [0.15, 0.2) is 6.10 Å². The SMILES string of the molecule is CO[C@@](C(=O)O[C@H](/C(C)=C/C(=O)OCCCCCCCC(=O)Nc1c2sscc-2[nH]c1=O)[C@@H]1OC[C@H](C/C=C/C(C)[C@H](C)O)[C@@H](O)[C@H]1O)(c1ccccc1)C(F)(F)F. The molecule has 1 fully saturated rings. The number of nitrogens with one attached hydrogen (secondary N) is 2. The maximum atomic E-state index is 14.8. The summed E-state index contributed by atoms with van der Waals surface area (Å²) in [4.78, 5) is 54.5. The summed E-state index contributed by atoms with van der Waals surface area (Å²) in [5.41, 5.74) is -3.68. The van der Waals surface area contributed by atoms with Crippen molar-refractivity contribution < 1.29 is 61.8 Å². The van der Waals surface area contributed by atoms with Crippen molar-refractivity contribution >= 4 is 44.2 Å². The number of halogens is 3. The van der Waals surface area contributed by atoms with Crippen LogP contribution < -0.4 is 10.9 Å². The second-order valence-electron chi connectivity index (χ2n) is 14.4. The van der Waals surface area contributed by atoms with Gasteiger partial charge in [0, 0.05) is 36.5 Å². The predicted molar refractivity (Wildman–Crippen MR) is 211 cm³/mol. The normalized spacial score (nSPS) is 21.7. The van der Waals surface area contributed by atoms with Gasteiger partial charge in [0.05, 0.1) is 36.0 Å². The fraction of sp³-hybridized carbons (Fsp3) is 0.550. The van der Waals surface area contributed by atoms with Crippen molar-refractivity contribution in [3.8, 4) is 10.6 Å². The first kappa shape index (κ1) is 46.8. The number of allylic oxidation sites excluding steroid dienone is 1. The van der Waals surface area contributed by atoms with Crippen molar-refractivity contribution in [1.82, 2.24) is 4.98 Å². The predicted octanol–water partition coefficient (Wildman–Crippen LogP) is 6.09. The summed E-state index contributed by atoms with van der Waals surface area (Å²) < 4.78 is 65.9. The Morgan fingerprint density at radius 1 is 1.07 bits per heavy atom. The summed E-state index contributed by atoms with van der Waals surface area (Å²) >= 11 is 0. The molecule has 18 heteroatoms. The number of unbranched alkanes of at least 4 members (excludes halogenated alkanes) is 4. The first-order valence-corrected chi connectivity index (χ1v) is 21.2. The molecule has 4 rings (SSSR count). The second kappa shape index (κ2) is 21.4. The molecule has 0 spiro atoms. The standard InChI is InChI=1S/C40H51F3N2O11S2/c1-23(25(3)46)14-13-15-26-21-55-35(33(50)32(26)49)34(56-38(52)39(53-4,40(41,42)43)27-16-9-8-10-17-27)24(2)20-30(48)54-19-12-7-5-6-11-18-29(47)45-31-36-28(22-57-58-36)44-37(31)51/h8-10,13-14,16-17,20,22-23,25-26,32-35,46,49-50H,5-7,11-12,15,18-19,21H2,1-4H3,(H,44,51)(H,45,47)/b14-13+,24-20+/t23?,25-,26-,32+,33+,34+,35+,39+/m0/s1. The highest BCUT2D eigenvalue weighted by molar-refractivity contribution is 7.70. The van der Waals surface area contributed by atoms with Crippen LogP contribution in [0.3, 0.4) is 0 Å². The molecule has 0 radical (unpaired) electrons. The van der Waals surface area contributed by atoms with Crippen LogP contribution in [-0.2, 0) is 38.9 Å². The van der Waals surface area contributed by atoms with E-state index >= 15 is 0 Å². The van der Waals surface area contributed by atoms with Gasteiger partial charge in [0.25, 0.3) is 11.2 Å². The molecule has 1 aromatic rings. The summed E-state index contributed by atoms with van der Waals surface area (Å²) in [5.74, 6) is -3.89. The summed E-state index contributed by atoms with van der Waals surface area (Å²) in [6.07, 6.45) is -4.59. The molecule has 1 amide bonds. The minimum atomic E-state index is -5.32. The minimum absolute atomic E-state index is 0.00979. The van der Waals surface area contributed by atoms with Crippen molar-refractivity contribution in [3.05, 3.63) is 75.4 Å². The van der Waals surface area contributed by atoms with E-state index in [2.05, 4.69) is 10.3 Å². The highest BCUT2D eigenvalue weighted by Crippen LogP contribution is 2.44. The number of carbonyl (C=O) groups is 3. The Morgan fingerprint density at radius 3 is 2.43 bits per heavy atom. The van der Waals surface area contributed by atoms with E-state index in [9.17, 15) is 47.7 Å². The molecule has 0 bridgehead atoms. The van der Waals surface area contributed by atoms with Gasteiger partial charge < -0.3 is 44.6 Å². The smallest absolute Gasteiger partial charge is 0.432 e. The third-order valence-electron chi connectivity index (χ3n) is 10.1. The molecule has 0 aliphatic carbocycles. The van der Waals surface area contributed by atoms with E-state index in [1.807, 2.05) is 5.38 Å². The summed E-state index contributed by atoms with van der Waals surface area (Å²) in [7, 11) is 3.56. The molecule has 0 aromatic heterocycles. The number of methoxy groups -OCH3 is 1. The van der Waals surface area contributed by atoms with Crippen LogP contribution in [0.4, 0.5) is 18.9 Å². The van der Waals surface area contributed by atoms with Gasteiger partial charge in [0.2, 0.25) is 5.91 Å². The minimum Gasteiger partial charge on any atom is -0.463 e. The Bertz CT molecular complexity index is 1880. The number of rotatable bonds is 20. The van der Waals surface area contributed by atoms with Crippen LogP contribution in [0, 0.1) is 11.8 Å². The highest BCUT2D eigenvalue weighted by atomic mass is 32.9. The molecule has 3 aliphatic heterocycles. The Balaban J connectivity index is 1.37. The van der Waals surface area contributed by atoms with Crippen molar-refractivity contribution in [2.24, 2.45) is 11.8 Å². The number of H-pyrrole nitrogens is 1. The number of aliphatic hydroxyl groups excluding tert-OH is 3. The van der Waals surface area contributed by atoms with Crippen molar-refractivity contribution in [2.75, 3.05) is 25.6 Å². The maximum absolute atomic E-state index is 14.8. The molecule has 0 saturated carbocycles. The van der Waals surface area contributed by atoms with Gasteiger partial charge in [-0.3, -0.25) is 9.59 Å². The van der Waals surface area contributed by atoms with Crippen LogP contribution in [0.1, 0.15) is 71.3 Å². The van der Waals surface area contributed by atoms with Gasteiger partial charge in [-0.1, -0.05) is 89.4 Å². The zero-order valence-electron chi connectivity index (χ0n) is 32.7. The van der Waals surface area contributed by atoms with Gasteiger partial charge in [-0.25, -0.2) is 9.59 Å². The van der Waals surface area contributed by atoms with Gasteiger partial charge >= 0.3 is 18.1 Å². The summed E-state index contributed by atoms with van der Waals surface area (Å²) in [5, 5.41) is 36.6. The first-order valence-electron chi connectivity index (χ1n) is 19.0. The number of hydrogen-bond donors (Lipinski definition) is 5. The fourth-order valence-corrected chi connectivity index (χ4v) is 8.66. The number of anilines is 1. The molecule has 1 aromatic carbocycles. The van der Waals surface area contributed by atoms with E-state index in [-0.39, 0.29) is 54.7 Å². The summed E-state index contributed by atoms with van der Waals surface area (Å²) in [6, 6.07) is 6.14. The quantitative estimate of drug-likeness (QED) is 0.0291. The number of aliphatic hydroxyl groups is 3. The molecule has 8 atom stereocenters. The molecule has 1 unspecified atom stereocenters. The number of benzene rings is 1. The lowest BCUT2D eigenvalue weighted by molar-refractivity contribution is -0.281. The Hall–Kier alpha value is -3.91. The average Bonchev–Trinajstić information content (AvgIpc) is 3.74. The molecule has 13 nitrogen and oxygen atoms in total. The number of alkyl halides is 3. The van der Waals surface area contributed by atoms with Crippen LogP contribution >= 0.6 is 20.7 Å².